The first-order valence-electron chi connectivity index (χ1n) is 7.22. The largest absolute Gasteiger partial charge is 0.330 e. The van der Waals surface area contributed by atoms with Gasteiger partial charge in [-0.3, -0.25) is 24.3 Å². The number of rotatable bonds is 4. The van der Waals surface area contributed by atoms with Gasteiger partial charge in [0.15, 0.2) is 0 Å². The first kappa shape index (κ1) is 17.9. The molecule has 1 heterocycles. The fourth-order valence-corrected chi connectivity index (χ4v) is 2.25. The number of hydrogen-bond donors (Lipinski definition) is 1. The molecule has 9 nitrogen and oxygen atoms in total. The SMILES string of the molecule is Cc1c(NC(=O)/C=C/c2cn(C)c(=O)n(C)c2=O)cccc1[N+](=O)[O-]. The summed E-state index contributed by atoms with van der Waals surface area (Å²) in [5, 5.41) is 13.4. The van der Waals surface area contributed by atoms with Gasteiger partial charge in [0.1, 0.15) is 0 Å². The summed E-state index contributed by atoms with van der Waals surface area (Å²) in [6.45, 7) is 1.53. The van der Waals surface area contributed by atoms with E-state index < -0.39 is 22.1 Å². The monoisotopic (exact) mass is 344 g/mol. The quantitative estimate of drug-likeness (QED) is 0.503. The minimum Gasteiger partial charge on any atom is -0.322 e. The number of nitro benzene ring substituents is 1. The molecule has 0 radical (unpaired) electrons. The van der Waals surface area contributed by atoms with Gasteiger partial charge in [0.25, 0.3) is 11.2 Å². The van der Waals surface area contributed by atoms with Crippen molar-refractivity contribution in [3.05, 3.63) is 72.6 Å². The molecule has 1 N–H and O–H groups in total. The van der Waals surface area contributed by atoms with Gasteiger partial charge in [-0.2, -0.15) is 0 Å². The predicted molar refractivity (Wildman–Crippen MR) is 92.4 cm³/mol. The minimum absolute atomic E-state index is 0.103. The number of hydrogen-bond acceptors (Lipinski definition) is 5. The summed E-state index contributed by atoms with van der Waals surface area (Å²) in [4.78, 5) is 46.0. The van der Waals surface area contributed by atoms with Crippen LogP contribution in [0.3, 0.4) is 0 Å². The lowest BCUT2D eigenvalue weighted by Crippen LogP contribution is -2.37. The zero-order valence-electron chi connectivity index (χ0n) is 13.8. The Hall–Kier alpha value is -3.49. The molecule has 0 aliphatic rings. The van der Waals surface area contributed by atoms with E-state index in [1.54, 1.807) is 6.07 Å². The molecular weight excluding hydrogens is 328 g/mol. The smallest absolute Gasteiger partial charge is 0.322 e. The molecule has 0 aliphatic carbocycles. The summed E-state index contributed by atoms with van der Waals surface area (Å²) < 4.78 is 2.16. The van der Waals surface area contributed by atoms with E-state index in [9.17, 15) is 24.5 Å². The molecule has 1 aromatic carbocycles. The molecule has 2 aromatic rings. The highest BCUT2D eigenvalue weighted by Gasteiger charge is 2.14. The summed E-state index contributed by atoms with van der Waals surface area (Å²) in [5.41, 5.74) is -0.314. The van der Waals surface area contributed by atoms with E-state index in [-0.39, 0.29) is 11.3 Å². The zero-order chi connectivity index (χ0) is 18.7. The van der Waals surface area contributed by atoms with Gasteiger partial charge in [-0.05, 0) is 19.1 Å². The minimum atomic E-state index is -0.556. The number of amides is 1. The number of benzene rings is 1. The maximum Gasteiger partial charge on any atom is 0.330 e. The summed E-state index contributed by atoms with van der Waals surface area (Å²) >= 11 is 0. The highest BCUT2D eigenvalue weighted by Crippen LogP contribution is 2.24. The van der Waals surface area contributed by atoms with E-state index in [0.717, 1.165) is 10.6 Å². The van der Waals surface area contributed by atoms with E-state index >= 15 is 0 Å². The Bertz CT molecular complexity index is 1000. The Morgan fingerprint density at radius 1 is 1.28 bits per heavy atom. The van der Waals surface area contributed by atoms with Gasteiger partial charge in [-0.25, -0.2) is 4.79 Å². The standard InChI is InChI=1S/C16H16N4O5/c1-10-12(5-4-6-13(10)20(24)25)17-14(21)8-7-11-9-18(2)16(23)19(3)15(11)22/h4-9H,1-3H3,(H,17,21)/b8-7+. The second kappa shape index (κ2) is 6.95. The number of aryl methyl sites for hydroxylation is 1. The van der Waals surface area contributed by atoms with E-state index in [1.807, 2.05) is 0 Å². The van der Waals surface area contributed by atoms with Gasteiger partial charge in [0.2, 0.25) is 5.91 Å². The third-order valence-corrected chi connectivity index (χ3v) is 3.65. The molecule has 0 unspecified atom stereocenters. The van der Waals surface area contributed by atoms with Crippen LogP contribution in [-0.2, 0) is 18.9 Å². The van der Waals surface area contributed by atoms with Gasteiger partial charge < -0.3 is 9.88 Å². The van der Waals surface area contributed by atoms with Crippen molar-refractivity contribution in [3.63, 3.8) is 0 Å². The first-order chi connectivity index (χ1) is 11.7. The Morgan fingerprint density at radius 2 is 1.96 bits per heavy atom. The molecule has 0 spiro atoms. The van der Waals surface area contributed by atoms with Crippen molar-refractivity contribution < 1.29 is 9.72 Å². The molecule has 1 amide bonds. The molecule has 0 fully saturated rings. The lowest BCUT2D eigenvalue weighted by Gasteiger charge is -2.06. The van der Waals surface area contributed by atoms with Gasteiger partial charge in [0.05, 0.1) is 21.7 Å². The fourth-order valence-electron chi connectivity index (χ4n) is 2.25. The van der Waals surface area contributed by atoms with Gasteiger partial charge in [-0.1, -0.05) is 6.07 Å². The average Bonchev–Trinajstić information content (AvgIpc) is 2.56. The van der Waals surface area contributed by atoms with E-state index in [2.05, 4.69) is 5.32 Å². The van der Waals surface area contributed by atoms with Crippen LogP contribution in [-0.4, -0.2) is 20.0 Å². The van der Waals surface area contributed by atoms with Crippen molar-refractivity contribution in [2.24, 2.45) is 14.1 Å². The third kappa shape index (κ3) is 3.71. The molecule has 0 aliphatic heterocycles. The predicted octanol–water partition coefficient (Wildman–Crippen LogP) is 0.953. The Balaban J connectivity index is 2.26. The Morgan fingerprint density at radius 3 is 2.60 bits per heavy atom. The van der Waals surface area contributed by atoms with Crippen molar-refractivity contribution in [2.75, 3.05) is 5.32 Å². The van der Waals surface area contributed by atoms with Crippen LogP contribution in [0.15, 0.2) is 40.1 Å². The molecule has 0 atom stereocenters. The van der Waals surface area contributed by atoms with Crippen LogP contribution in [0.5, 0.6) is 0 Å². The molecule has 1 aromatic heterocycles. The molecule has 0 bridgehead atoms. The van der Waals surface area contributed by atoms with Crippen molar-refractivity contribution in [2.45, 2.75) is 6.92 Å². The lowest BCUT2D eigenvalue weighted by atomic mass is 10.1. The van der Waals surface area contributed by atoms with Gasteiger partial charge in [-0.15, -0.1) is 0 Å². The average molecular weight is 344 g/mol. The zero-order valence-corrected chi connectivity index (χ0v) is 13.8. The molecule has 0 saturated carbocycles. The number of nitrogens with zero attached hydrogens (tertiary/aromatic N) is 3. The fraction of sp³-hybridized carbons (Fsp3) is 0.188. The summed E-state index contributed by atoms with van der Waals surface area (Å²) in [7, 11) is 2.83. The highest BCUT2D eigenvalue weighted by molar-refractivity contribution is 6.02. The summed E-state index contributed by atoms with van der Waals surface area (Å²) in [5.74, 6) is -0.556. The maximum absolute atomic E-state index is 12.0. The van der Waals surface area contributed by atoms with E-state index in [1.165, 1.54) is 50.0 Å². The van der Waals surface area contributed by atoms with Crippen LogP contribution in [0, 0.1) is 17.0 Å². The first-order valence-corrected chi connectivity index (χ1v) is 7.22. The second-order valence-corrected chi connectivity index (χ2v) is 5.37. The Labute approximate surface area is 142 Å². The van der Waals surface area contributed by atoms with Crippen molar-refractivity contribution >= 4 is 23.4 Å². The number of anilines is 1. The van der Waals surface area contributed by atoms with Crippen molar-refractivity contribution in [3.8, 4) is 0 Å². The number of carbonyl (C=O) groups is 1. The van der Waals surface area contributed by atoms with Crippen LogP contribution in [0.4, 0.5) is 11.4 Å². The van der Waals surface area contributed by atoms with Crippen LogP contribution in [0.25, 0.3) is 6.08 Å². The number of nitrogens with one attached hydrogen (secondary N) is 1. The topological polar surface area (TPSA) is 116 Å². The van der Waals surface area contributed by atoms with Crippen molar-refractivity contribution in [1.82, 2.24) is 9.13 Å². The number of nitro groups is 1. The molecular formula is C16H16N4O5. The number of aromatic nitrogens is 2. The van der Waals surface area contributed by atoms with Gasteiger partial charge >= 0.3 is 5.69 Å². The molecule has 0 saturated heterocycles. The molecule has 130 valence electrons. The van der Waals surface area contributed by atoms with Crippen LogP contribution in [0.1, 0.15) is 11.1 Å². The van der Waals surface area contributed by atoms with E-state index in [4.69, 9.17) is 0 Å². The second-order valence-electron chi connectivity index (χ2n) is 5.37. The van der Waals surface area contributed by atoms with Crippen molar-refractivity contribution in [1.29, 1.82) is 0 Å². The normalized spacial score (nSPS) is 10.8. The molecule has 25 heavy (non-hydrogen) atoms. The summed E-state index contributed by atoms with van der Waals surface area (Å²) in [6.07, 6.45) is 3.73. The third-order valence-electron chi connectivity index (χ3n) is 3.65. The molecule has 9 heteroatoms. The maximum atomic E-state index is 12.0. The van der Waals surface area contributed by atoms with Gasteiger partial charge in [0, 0.05) is 32.4 Å². The highest BCUT2D eigenvalue weighted by atomic mass is 16.6. The van der Waals surface area contributed by atoms with E-state index in [0.29, 0.717) is 11.3 Å². The number of carbonyl (C=O) groups excluding carboxylic acids is 1. The summed E-state index contributed by atoms with van der Waals surface area (Å²) in [6, 6.07) is 4.35. The van der Waals surface area contributed by atoms with Crippen LogP contribution < -0.4 is 16.6 Å². The lowest BCUT2D eigenvalue weighted by molar-refractivity contribution is -0.385. The molecule has 2 rings (SSSR count). The van der Waals surface area contributed by atoms with Crippen LogP contribution >= 0.6 is 0 Å². The van der Waals surface area contributed by atoms with Crippen LogP contribution in [0.2, 0.25) is 0 Å². The Kier molecular flexibility index (Phi) is 4.97.